The second-order valence-corrected chi connectivity index (χ2v) is 7.47. The van der Waals surface area contributed by atoms with Crippen molar-refractivity contribution < 1.29 is 14.3 Å². The third-order valence-corrected chi connectivity index (χ3v) is 5.12. The van der Waals surface area contributed by atoms with E-state index in [-0.39, 0.29) is 12.6 Å². The highest BCUT2D eigenvalue weighted by Gasteiger charge is 2.32. The van der Waals surface area contributed by atoms with Crippen LogP contribution in [0.15, 0.2) is 70.8 Å². The lowest BCUT2D eigenvalue weighted by Gasteiger charge is -2.28. The number of carbonyl (C=O) groups excluding carboxylic acids is 2. The Labute approximate surface area is 163 Å². The molecule has 0 saturated heterocycles. The number of urea groups is 1. The van der Waals surface area contributed by atoms with Gasteiger partial charge in [-0.3, -0.25) is 0 Å². The summed E-state index contributed by atoms with van der Waals surface area (Å²) in [5.41, 5.74) is 2.68. The van der Waals surface area contributed by atoms with Crippen LogP contribution in [-0.2, 0) is 16.1 Å². The van der Waals surface area contributed by atoms with Crippen LogP contribution >= 0.6 is 11.8 Å². The molecule has 1 aliphatic heterocycles. The molecule has 1 heterocycles. The number of hydrogen-bond acceptors (Lipinski definition) is 4. The second-order valence-electron chi connectivity index (χ2n) is 6.13. The third-order valence-electron chi connectivity index (χ3n) is 4.23. The van der Waals surface area contributed by atoms with Crippen LogP contribution in [0.4, 0.5) is 4.79 Å². The Kier molecular flexibility index (Phi) is 6.19. The molecule has 5 nitrogen and oxygen atoms in total. The number of rotatable bonds is 6. The van der Waals surface area contributed by atoms with Crippen LogP contribution in [0.1, 0.15) is 31.0 Å². The maximum atomic E-state index is 12.8. The molecule has 3 rings (SSSR count). The van der Waals surface area contributed by atoms with Gasteiger partial charge in [-0.15, -0.1) is 11.8 Å². The van der Waals surface area contributed by atoms with Crippen molar-refractivity contribution in [1.29, 1.82) is 0 Å². The topological polar surface area (TPSA) is 67.4 Å². The molecule has 2 N–H and O–H groups in total. The van der Waals surface area contributed by atoms with Crippen LogP contribution in [0.3, 0.4) is 0 Å². The van der Waals surface area contributed by atoms with Crippen LogP contribution in [0.2, 0.25) is 0 Å². The first kappa shape index (κ1) is 19.0. The lowest BCUT2D eigenvalue weighted by molar-refractivity contribution is -0.140. The molecule has 1 unspecified atom stereocenters. The Morgan fingerprint density at radius 2 is 1.81 bits per heavy atom. The number of allylic oxidation sites excluding steroid dienone is 1. The number of thioether (sulfide) groups is 1. The highest BCUT2D eigenvalue weighted by molar-refractivity contribution is 7.99. The zero-order valence-corrected chi connectivity index (χ0v) is 16.1. The van der Waals surface area contributed by atoms with Gasteiger partial charge in [0.05, 0.1) is 11.6 Å². The number of benzene rings is 2. The van der Waals surface area contributed by atoms with E-state index in [0.717, 1.165) is 21.8 Å². The predicted molar refractivity (Wildman–Crippen MR) is 106 cm³/mol. The van der Waals surface area contributed by atoms with E-state index in [2.05, 4.69) is 17.6 Å². The summed E-state index contributed by atoms with van der Waals surface area (Å²) in [6.07, 6.45) is 0. The number of nitrogens with one attached hydrogen (secondary N) is 2. The van der Waals surface area contributed by atoms with Crippen LogP contribution in [0.5, 0.6) is 0 Å². The Balaban J connectivity index is 1.81. The molecule has 140 valence electrons. The van der Waals surface area contributed by atoms with Crippen molar-refractivity contribution in [2.45, 2.75) is 31.4 Å². The van der Waals surface area contributed by atoms with Gasteiger partial charge >= 0.3 is 12.0 Å². The maximum absolute atomic E-state index is 12.8. The van der Waals surface area contributed by atoms with E-state index in [0.29, 0.717) is 11.3 Å². The predicted octanol–water partition coefficient (Wildman–Crippen LogP) is 4.17. The van der Waals surface area contributed by atoms with Gasteiger partial charge in [0.25, 0.3) is 0 Å². The van der Waals surface area contributed by atoms with Crippen LogP contribution in [0, 0.1) is 0 Å². The number of esters is 1. The van der Waals surface area contributed by atoms with E-state index in [1.165, 1.54) is 0 Å². The van der Waals surface area contributed by atoms with Crippen molar-refractivity contribution in [3.8, 4) is 0 Å². The Hall–Kier alpha value is -2.73. The minimum atomic E-state index is -0.539. The molecule has 0 saturated carbocycles. The first-order valence-corrected chi connectivity index (χ1v) is 9.79. The van der Waals surface area contributed by atoms with E-state index in [1.54, 1.807) is 18.7 Å². The molecule has 0 spiro atoms. The SMILES string of the molecule is CCSc1ccc(C2NC(=O)NC(C)=C2C(=O)OCc2ccccc2)cc1. The number of hydrogen-bond donors (Lipinski definition) is 2. The van der Waals surface area contributed by atoms with Gasteiger partial charge in [0.2, 0.25) is 0 Å². The van der Waals surface area contributed by atoms with E-state index >= 15 is 0 Å². The molecule has 2 amide bonds. The molecule has 2 aromatic rings. The third kappa shape index (κ3) is 4.71. The van der Waals surface area contributed by atoms with E-state index < -0.39 is 12.0 Å². The molecule has 0 aromatic heterocycles. The van der Waals surface area contributed by atoms with Gasteiger partial charge in [0.15, 0.2) is 0 Å². The van der Waals surface area contributed by atoms with Crippen molar-refractivity contribution >= 4 is 23.8 Å². The van der Waals surface area contributed by atoms with E-state index in [4.69, 9.17) is 4.74 Å². The van der Waals surface area contributed by atoms with Gasteiger partial charge in [-0.2, -0.15) is 0 Å². The molecule has 27 heavy (non-hydrogen) atoms. The Morgan fingerprint density at radius 1 is 1.11 bits per heavy atom. The second kappa shape index (κ2) is 8.77. The molecule has 0 aliphatic carbocycles. The Morgan fingerprint density at radius 3 is 2.48 bits per heavy atom. The van der Waals surface area contributed by atoms with Crippen LogP contribution in [0.25, 0.3) is 0 Å². The van der Waals surface area contributed by atoms with Gasteiger partial charge in [-0.25, -0.2) is 9.59 Å². The number of carbonyl (C=O) groups is 2. The van der Waals surface area contributed by atoms with E-state index in [1.807, 2.05) is 54.6 Å². The summed E-state index contributed by atoms with van der Waals surface area (Å²) in [5.74, 6) is 0.542. The molecule has 0 radical (unpaired) electrons. The fraction of sp³-hybridized carbons (Fsp3) is 0.238. The summed E-state index contributed by atoms with van der Waals surface area (Å²) in [7, 11) is 0. The zero-order valence-electron chi connectivity index (χ0n) is 15.3. The summed E-state index contributed by atoms with van der Waals surface area (Å²) < 4.78 is 5.50. The van der Waals surface area contributed by atoms with Crippen molar-refractivity contribution in [2.75, 3.05) is 5.75 Å². The summed E-state index contributed by atoms with van der Waals surface area (Å²) in [6.45, 7) is 3.99. The first-order chi connectivity index (χ1) is 13.1. The van der Waals surface area contributed by atoms with Crippen molar-refractivity contribution in [3.63, 3.8) is 0 Å². The summed E-state index contributed by atoms with van der Waals surface area (Å²) >= 11 is 1.74. The van der Waals surface area contributed by atoms with E-state index in [9.17, 15) is 9.59 Å². The summed E-state index contributed by atoms with van der Waals surface area (Å²) in [4.78, 5) is 25.9. The quantitative estimate of drug-likeness (QED) is 0.581. The normalized spacial score (nSPS) is 16.5. The van der Waals surface area contributed by atoms with Gasteiger partial charge < -0.3 is 15.4 Å². The summed E-state index contributed by atoms with van der Waals surface area (Å²) in [5, 5.41) is 5.49. The smallest absolute Gasteiger partial charge is 0.338 e. The molecular formula is C21H22N2O3S. The minimum Gasteiger partial charge on any atom is -0.457 e. The highest BCUT2D eigenvalue weighted by Crippen LogP contribution is 2.29. The lowest BCUT2D eigenvalue weighted by atomic mass is 9.95. The number of ether oxygens (including phenoxy) is 1. The summed E-state index contributed by atoms with van der Waals surface area (Å²) in [6, 6.07) is 16.5. The van der Waals surface area contributed by atoms with Crippen LogP contribution in [-0.4, -0.2) is 17.8 Å². The first-order valence-electron chi connectivity index (χ1n) is 8.80. The lowest BCUT2D eigenvalue weighted by Crippen LogP contribution is -2.45. The largest absolute Gasteiger partial charge is 0.457 e. The molecule has 0 bridgehead atoms. The molecule has 0 fully saturated rings. The average Bonchev–Trinajstić information content (AvgIpc) is 2.67. The number of amides is 2. The molecule has 6 heteroatoms. The zero-order chi connectivity index (χ0) is 19.2. The standard InChI is InChI=1S/C21H22N2O3S/c1-3-27-17-11-9-16(10-12-17)19-18(14(2)22-21(25)23-19)20(24)26-13-15-7-5-4-6-8-15/h4-12,19H,3,13H2,1-2H3,(H2,22,23,25). The highest BCUT2D eigenvalue weighted by atomic mass is 32.2. The molecular weight excluding hydrogens is 360 g/mol. The molecule has 1 atom stereocenters. The van der Waals surface area contributed by atoms with Crippen molar-refractivity contribution in [1.82, 2.24) is 10.6 Å². The van der Waals surface area contributed by atoms with Crippen molar-refractivity contribution in [2.24, 2.45) is 0 Å². The van der Waals surface area contributed by atoms with Crippen molar-refractivity contribution in [3.05, 3.63) is 77.0 Å². The minimum absolute atomic E-state index is 0.184. The van der Waals surface area contributed by atoms with Crippen LogP contribution < -0.4 is 10.6 Å². The van der Waals surface area contributed by atoms with Gasteiger partial charge in [0, 0.05) is 10.6 Å². The van der Waals surface area contributed by atoms with Gasteiger partial charge in [-0.1, -0.05) is 49.4 Å². The fourth-order valence-corrected chi connectivity index (χ4v) is 3.60. The average molecular weight is 382 g/mol. The van der Waals surface area contributed by atoms with Gasteiger partial charge in [0.1, 0.15) is 6.61 Å². The monoisotopic (exact) mass is 382 g/mol. The molecule has 2 aromatic carbocycles. The van der Waals surface area contributed by atoms with Gasteiger partial charge in [-0.05, 0) is 35.9 Å². The fourth-order valence-electron chi connectivity index (χ4n) is 2.94. The maximum Gasteiger partial charge on any atom is 0.338 e. The Bertz CT molecular complexity index is 847. The molecule has 1 aliphatic rings.